The molecule has 0 aliphatic carbocycles. The normalized spacial score (nSPS) is 15.8. The number of rotatable bonds is 7. The number of carbonyl (C=O) groups excluding carboxylic acids is 3. The lowest BCUT2D eigenvalue weighted by Crippen LogP contribution is -2.27. The van der Waals surface area contributed by atoms with E-state index in [-0.39, 0.29) is 30.3 Å². The summed E-state index contributed by atoms with van der Waals surface area (Å²) in [5, 5.41) is 10.9. The number of hydrogen-bond acceptors (Lipinski definition) is 7. The van der Waals surface area contributed by atoms with Gasteiger partial charge in [-0.1, -0.05) is 6.07 Å². The summed E-state index contributed by atoms with van der Waals surface area (Å²) in [6.45, 7) is -0.401. The highest BCUT2D eigenvalue weighted by Gasteiger charge is 2.36. The predicted molar refractivity (Wildman–Crippen MR) is 102 cm³/mol. The number of methoxy groups -OCH3 is 1. The molecule has 1 heterocycles. The van der Waals surface area contributed by atoms with Gasteiger partial charge in [0, 0.05) is 30.7 Å². The summed E-state index contributed by atoms with van der Waals surface area (Å²) >= 11 is 0. The summed E-state index contributed by atoms with van der Waals surface area (Å²) in [6.07, 6.45) is -0.0851. The Morgan fingerprint density at radius 2 is 1.93 bits per heavy atom. The van der Waals surface area contributed by atoms with Crippen molar-refractivity contribution < 1.29 is 28.8 Å². The Balaban J connectivity index is 1.59. The number of anilines is 1. The number of nitrogens with zero attached hydrogens (tertiary/aromatic N) is 2. The Morgan fingerprint density at radius 1 is 1.21 bits per heavy atom. The van der Waals surface area contributed by atoms with E-state index >= 15 is 0 Å². The molecule has 1 aliphatic rings. The van der Waals surface area contributed by atoms with Crippen LogP contribution >= 0.6 is 0 Å². The summed E-state index contributed by atoms with van der Waals surface area (Å²) in [6, 6.07) is 12.0. The number of benzene rings is 2. The standard InChI is InChI=1S/C20H18N2O7/c1-28-17-7-5-13(6-8-17)18(23)12-29-20(25)14-9-19(24)21(11-14)15-3-2-4-16(10-15)22(26)27/h2-8,10,14H,9,11-12H2,1H3/t14-/m0/s1. The van der Waals surface area contributed by atoms with Gasteiger partial charge in [-0.05, 0) is 30.3 Å². The van der Waals surface area contributed by atoms with Crippen molar-refractivity contribution in [2.75, 3.05) is 25.2 Å². The van der Waals surface area contributed by atoms with Crippen molar-refractivity contribution in [3.05, 3.63) is 64.2 Å². The zero-order valence-electron chi connectivity index (χ0n) is 15.6. The third-order valence-electron chi connectivity index (χ3n) is 4.57. The van der Waals surface area contributed by atoms with Crippen LogP contribution in [0.15, 0.2) is 48.5 Å². The Morgan fingerprint density at radius 3 is 2.59 bits per heavy atom. The minimum atomic E-state index is -0.745. The Kier molecular flexibility index (Phi) is 5.87. The van der Waals surface area contributed by atoms with Gasteiger partial charge in [0.25, 0.3) is 5.69 Å². The van der Waals surface area contributed by atoms with Gasteiger partial charge in [0.15, 0.2) is 12.4 Å². The lowest BCUT2D eigenvalue weighted by molar-refractivity contribution is -0.384. The van der Waals surface area contributed by atoms with Gasteiger partial charge < -0.3 is 14.4 Å². The van der Waals surface area contributed by atoms with E-state index in [1.165, 1.54) is 30.2 Å². The summed E-state index contributed by atoms with van der Waals surface area (Å²) in [5.74, 6) is -1.52. The fourth-order valence-corrected chi connectivity index (χ4v) is 3.00. The molecule has 2 aromatic rings. The van der Waals surface area contributed by atoms with Gasteiger partial charge in [0.05, 0.1) is 23.6 Å². The fourth-order valence-electron chi connectivity index (χ4n) is 3.00. The maximum atomic E-state index is 12.3. The second-order valence-electron chi connectivity index (χ2n) is 6.44. The van der Waals surface area contributed by atoms with E-state index in [4.69, 9.17) is 9.47 Å². The van der Waals surface area contributed by atoms with Crippen LogP contribution in [-0.2, 0) is 14.3 Å². The molecule has 29 heavy (non-hydrogen) atoms. The van der Waals surface area contributed by atoms with Gasteiger partial charge in [-0.3, -0.25) is 24.5 Å². The number of hydrogen-bond donors (Lipinski definition) is 0. The average molecular weight is 398 g/mol. The number of Topliss-reactive ketones (excluding diaryl/α,β-unsaturated/α-hetero) is 1. The molecule has 0 N–H and O–H groups in total. The Bertz CT molecular complexity index is 956. The molecule has 0 spiro atoms. The van der Waals surface area contributed by atoms with Gasteiger partial charge in [0.1, 0.15) is 5.75 Å². The smallest absolute Gasteiger partial charge is 0.311 e. The molecule has 0 aromatic heterocycles. The van der Waals surface area contributed by atoms with Crippen LogP contribution < -0.4 is 9.64 Å². The molecule has 0 saturated carbocycles. The second kappa shape index (κ2) is 8.51. The molecule has 9 heteroatoms. The number of ether oxygens (including phenoxy) is 2. The lowest BCUT2D eigenvalue weighted by Gasteiger charge is -2.16. The van der Waals surface area contributed by atoms with Crippen molar-refractivity contribution >= 4 is 29.0 Å². The summed E-state index contributed by atoms with van der Waals surface area (Å²) in [4.78, 5) is 48.4. The van der Waals surface area contributed by atoms with Crippen LogP contribution in [-0.4, -0.2) is 42.8 Å². The van der Waals surface area contributed by atoms with Crippen LogP contribution in [0, 0.1) is 16.0 Å². The van der Waals surface area contributed by atoms with Crippen molar-refractivity contribution in [2.45, 2.75) is 6.42 Å². The second-order valence-corrected chi connectivity index (χ2v) is 6.44. The Hall–Kier alpha value is -3.75. The van der Waals surface area contributed by atoms with Gasteiger partial charge in [0.2, 0.25) is 5.91 Å². The topological polar surface area (TPSA) is 116 Å². The largest absolute Gasteiger partial charge is 0.497 e. The summed E-state index contributed by atoms with van der Waals surface area (Å²) in [7, 11) is 1.51. The first-order valence-electron chi connectivity index (χ1n) is 8.77. The fraction of sp³-hybridized carbons (Fsp3) is 0.250. The molecule has 0 bridgehead atoms. The van der Waals surface area contributed by atoms with Crippen molar-refractivity contribution in [3.8, 4) is 5.75 Å². The minimum absolute atomic E-state index is 0.0373. The molecular formula is C20H18N2O7. The van der Waals surface area contributed by atoms with E-state index in [0.717, 1.165) is 0 Å². The lowest BCUT2D eigenvalue weighted by atomic mass is 10.1. The monoisotopic (exact) mass is 398 g/mol. The summed E-state index contributed by atoms with van der Waals surface area (Å²) < 4.78 is 10.1. The van der Waals surface area contributed by atoms with Crippen LogP contribution in [0.25, 0.3) is 0 Å². The first-order valence-corrected chi connectivity index (χ1v) is 8.77. The zero-order valence-corrected chi connectivity index (χ0v) is 15.6. The zero-order chi connectivity index (χ0) is 21.0. The van der Waals surface area contributed by atoms with Crippen molar-refractivity contribution in [1.29, 1.82) is 0 Å². The number of carbonyl (C=O) groups is 3. The van der Waals surface area contributed by atoms with E-state index in [1.807, 2.05) is 0 Å². The van der Waals surface area contributed by atoms with Crippen LogP contribution in [0.3, 0.4) is 0 Å². The maximum Gasteiger partial charge on any atom is 0.311 e. The van der Waals surface area contributed by atoms with E-state index in [1.54, 1.807) is 30.3 Å². The highest BCUT2D eigenvalue weighted by atomic mass is 16.6. The van der Waals surface area contributed by atoms with Gasteiger partial charge in [-0.15, -0.1) is 0 Å². The van der Waals surface area contributed by atoms with E-state index in [0.29, 0.717) is 17.0 Å². The summed E-state index contributed by atoms with van der Waals surface area (Å²) in [5.41, 5.74) is 0.569. The van der Waals surface area contributed by atoms with Gasteiger partial charge >= 0.3 is 5.97 Å². The highest BCUT2D eigenvalue weighted by molar-refractivity contribution is 6.01. The number of nitro benzene ring substituents is 1. The van der Waals surface area contributed by atoms with Crippen LogP contribution in [0.4, 0.5) is 11.4 Å². The average Bonchev–Trinajstić information content (AvgIpc) is 3.13. The van der Waals surface area contributed by atoms with Gasteiger partial charge in [-0.2, -0.15) is 0 Å². The van der Waals surface area contributed by atoms with Gasteiger partial charge in [-0.25, -0.2) is 0 Å². The molecule has 1 aliphatic heterocycles. The molecule has 1 saturated heterocycles. The molecule has 2 aromatic carbocycles. The number of nitro groups is 1. The number of amides is 1. The van der Waals surface area contributed by atoms with Crippen molar-refractivity contribution in [3.63, 3.8) is 0 Å². The molecule has 0 unspecified atom stereocenters. The molecule has 150 valence electrons. The Labute approximate surface area is 166 Å². The molecule has 0 radical (unpaired) electrons. The van der Waals surface area contributed by atoms with E-state index in [9.17, 15) is 24.5 Å². The van der Waals surface area contributed by atoms with E-state index < -0.39 is 23.4 Å². The van der Waals surface area contributed by atoms with E-state index in [2.05, 4.69) is 0 Å². The predicted octanol–water partition coefficient (Wildman–Crippen LogP) is 2.38. The molecule has 9 nitrogen and oxygen atoms in total. The SMILES string of the molecule is COc1ccc(C(=O)COC(=O)[C@H]2CC(=O)N(c3cccc([N+](=O)[O-])c3)C2)cc1. The quantitative estimate of drug-likeness (QED) is 0.304. The maximum absolute atomic E-state index is 12.3. The van der Waals surface area contributed by atoms with Crippen LogP contribution in [0.2, 0.25) is 0 Å². The minimum Gasteiger partial charge on any atom is -0.497 e. The molecular weight excluding hydrogens is 380 g/mol. The first-order chi connectivity index (χ1) is 13.9. The third kappa shape index (κ3) is 4.57. The molecule has 1 fully saturated rings. The number of non-ortho nitro benzene ring substituents is 1. The third-order valence-corrected chi connectivity index (χ3v) is 4.57. The van der Waals surface area contributed by atoms with Crippen molar-refractivity contribution in [1.82, 2.24) is 0 Å². The first kappa shape index (κ1) is 20.0. The van der Waals surface area contributed by atoms with Crippen LogP contribution in [0.1, 0.15) is 16.8 Å². The van der Waals surface area contributed by atoms with Crippen molar-refractivity contribution in [2.24, 2.45) is 5.92 Å². The number of esters is 1. The molecule has 1 amide bonds. The van der Waals surface area contributed by atoms with Crippen LogP contribution in [0.5, 0.6) is 5.75 Å². The molecule has 1 atom stereocenters. The number of ketones is 1. The molecule has 3 rings (SSSR count). The highest BCUT2D eigenvalue weighted by Crippen LogP contribution is 2.28.